The van der Waals surface area contributed by atoms with Crippen LogP contribution in [0.3, 0.4) is 0 Å². The minimum absolute atomic E-state index is 0.0151. The Balaban J connectivity index is 2.59. The summed E-state index contributed by atoms with van der Waals surface area (Å²) < 4.78 is 5.72. The van der Waals surface area contributed by atoms with Crippen molar-refractivity contribution in [1.29, 1.82) is 0 Å². The number of nitrogens with one attached hydrogen (secondary N) is 1. The van der Waals surface area contributed by atoms with Gasteiger partial charge in [-0.2, -0.15) is 0 Å². The fourth-order valence-corrected chi connectivity index (χ4v) is 1.57. The summed E-state index contributed by atoms with van der Waals surface area (Å²) in [7, 11) is 0. The first-order chi connectivity index (χ1) is 9.05. The molecule has 0 radical (unpaired) electrons. The molecule has 0 aliphatic carbocycles. The van der Waals surface area contributed by atoms with Crippen LogP contribution in [-0.2, 0) is 4.79 Å². The van der Waals surface area contributed by atoms with Gasteiger partial charge in [-0.1, -0.05) is 19.9 Å². The third-order valence-corrected chi connectivity index (χ3v) is 2.97. The Labute approximate surface area is 115 Å². The Morgan fingerprint density at radius 3 is 2.79 bits per heavy atom. The van der Waals surface area contributed by atoms with E-state index in [1.807, 2.05) is 38.1 Å². The number of carbonyl (C=O) groups excluding carboxylic acids is 1. The summed E-state index contributed by atoms with van der Waals surface area (Å²) in [6, 6.07) is 7.47. The highest BCUT2D eigenvalue weighted by Gasteiger charge is 2.08. The molecular weight excluding hydrogens is 240 g/mol. The fraction of sp³-hybridized carbons (Fsp3) is 0.533. The molecule has 0 heterocycles. The standard InChI is InChI=1S/C15H24N2O2/c1-4-12(3)19-14-7-5-6-13(9-14)17-15(18)8-11(2)10-16/h5-7,9,11-12H,4,8,10,16H2,1-3H3,(H,17,18). The molecule has 2 unspecified atom stereocenters. The molecule has 2 atom stereocenters. The van der Waals surface area contributed by atoms with E-state index in [1.165, 1.54) is 0 Å². The number of amides is 1. The lowest BCUT2D eigenvalue weighted by Gasteiger charge is -2.14. The highest BCUT2D eigenvalue weighted by molar-refractivity contribution is 5.91. The Hall–Kier alpha value is -1.55. The first-order valence-electron chi connectivity index (χ1n) is 6.81. The van der Waals surface area contributed by atoms with Gasteiger partial charge in [-0.3, -0.25) is 4.79 Å². The van der Waals surface area contributed by atoms with Gasteiger partial charge < -0.3 is 15.8 Å². The molecule has 0 spiro atoms. The zero-order chi connectivity index (χ0) is 14.3. The van der Waals surface area contributed by atoms with E-state index in [1.54, 1.807) is 0 Å². The summed E-state index contributed by atoms with van der Waals surface area (Å²) in [6.07, 6.45) is 1.56. The monoisotopic (exact) mass is 264 g/mol. The Morgan fingerprint density at radius 2 is 2.16 bits per heavy atom. The van der Waals surface area contributed by atoms with Crippen molar-refractivity contribution in [3.8, 4) is 5.75 Å². The van der Waals surface area contributed by atoms with E-state index in [4.69, 9.17) is 10.5 Å². The van der Waals surface area contributed by atoms with Crippen LogP contribution < -0.4 is 15.8 Å². The zero-order valence-corrected chi connectivity index (χ0v) is 12.0. The van der Waals surface area contributed by atoms with Crippen LogP contribution in [-0.4, -0.2) is 18.6 Å². The summed E-state index contributed by atoms with van der Waals surface area (Å²) in [5, 5.41) is 2.86. The number of ether oxygens (including phenoxy) is 1. The van der Waals surface area contributed by atoms with Crippen molar-refractivity contribution in [1.82, 2.24) is 0 Å². The number of nitrogens with two attached hydrogens (primary N) is 1. The lowest BCUT2D eigenvalue weighted by molar-refractivity contribution is -0.116. The van der Waals surface area contributed by atoms with Gasteiger partial charge in [0, 0.05) is 18.2 Å². The van der Waals surface area contributed by atoms with Crippen molar-refractivity contribution in [3.63, 3.8) is 0 Å². The molecule has 4 nitrogen and oxygen atoms in total. The maximum atomic E-state index is 11.8. The van der Waals surface area contributed by atoms with Crippen LogP contribution in [0, 0.1) is 5.92 Å². The third kappa shape index (κ3) is 5.75. The van der Waals surface area contributed by atoms with E-state index in [-0.39, 0.29) is 17.9 Å². The molecule has 106 valence electrons. The molecule has 1 aromatic rings. The van der Waals surface area contributed by atoms with Crippen molar-refractivity contribution in [3.05, 3.63) is 24.3 Å². The third-order valence-electron chi connectivity index (χ3n) is 2.97. The van der Waals surface area contributed by atoms with Gasteiger partial charge in [0.15, 0.2) is 0 Å². The van der Waals surface area contributed by atoms with Gasteiger partial charge >= 0.3 is 0 Å². The van der Waals surface area contributed by atoms with Crippen molar-refractivity contribution in [2.45, 2.75) is 39.7 Å². The first kappa shape index (κ1) is 15.5. The molecule has 0 saturated carbocycles. The normalized spacial score (nSPS) is 13.7. The predicted octanol–water partition coefficient (Wildman–Crippen LogP) is 2.79. The smallest absolute Gasteiger partial charge is 0.224 e. The van der Waals surface area contributed by atoms with Gasteiger partial charge in [-0.15, -0.1) is 0 Å². The topological polar surface area (TPSA) is 64.3 Å². The minimum atomic E-state index is -0.0151. The average Bonchev–Trinajstić information content (AvgIpc) is 2.38. The molecule has 0 bridgehead atoms. The Bertz CT molecular complexity index is 407. The van der Waals surface area contributed by atoms with Crippen LogP contribution in [0.5, 0.6) is 5.75 Å². The van der Waals surface area contributed by atoms with Crippen molar-refractivity contribution < 1.29 is 9.53 Å². The maximum Gasteiger partial charge on any atom is 0.224 e. The van der Waals surface area contributed by atoms with Crippen LogP contribution in [0.15, 0.2) is 24.3 Å². The molecule has 0 saturated heterocycles. The second kappa shape index (κ2) is 7.79. The summed E-state index contributed by atoms with van der Waals surface area (Å²) >= 11 is 0. The first-order valence-corrected chi connectivity index (χ1v) is 6.81. The van der Waals surface area contributed by atoms with E-state index in [9.17, 15) is 4.79 Å². The van der Waals surface area contributed by atoms with Crippen LogP contribution in [0.2, 0.25) is 0 Å². The van der Waals surface area contributed by atoms with Gasteiger partial charge in [-0.25, -0.2) is 0 Å². The zero-order valence-electron chi connectivity index (χ0n) is 12.0. The van der Waals surface area contributed by atoms with Crippen molar-refractivity contribution >= 4 is 11.6 Å². The van der Waals surface area contributed by atoms with E-state index >= 15 is 0 Å². The van der Waals surface area contributed by atoms with Gasteiger partial charge in [0.05, 0.1) is 6.10 Å². The van der Waals surface area contributed by atoms with Crippen LogP contribution in [0.4, 0.5) is 5.69 Å². The molecule has 0 aromatic heterocycles. The van der Waals surface area contributed by atoms with Crippen LogP contribution >= 0.6 is 0 Å². The number of carbonyl (C=O) groups is 1. The quantitative estimate of drug-likeness (QED) is 0.796. The molecule has 19 heavy (non-hydrogen) atoms. The fourth-order valence-electron chi connectivity index (χ4n) is 1.57. The molecule has 1 amide bonds. The largest absolute Gasteiger partial charge is 0.491 e. The summed E-state index contributed by atoms with van der Waals surface area (Å²) in [6.45, 7) is 6.57. The van der Waals surface area contributed by atoms with Gasteiger partial charge in [-0.05, 0) is 37.9 Å². The van der Waals surface area contributed by atoms with E-state index < -0.39 is 0 Å². The van der Waals surface area contributed by atoms with Crippen molar-refractivity contribution in [2.24, 2.45) is 11.7 Å². The van der Waals surface area contributed by atoms with Crippen LogP contribution in [0.25, 0.3) is 0 Å². The molecular formula is C15H24N2O2. The van der Waals surface area contributed by atoms with Crippen molar-refractivity contribution in [2.75, 3.05) is 11.9 Å². The Morgan fingerprint density at radius 1 is 1.42 bits per heavy atom. The highest BCUT2D eigenvalue weighted by atomic mass is 16.5. The number of anilines is 1. The lowest BCUT2D eigenvalue weighted by atomic mass is 10.1. The number of rotatable bonds is 7. The molecule has 0 aliphatic rings. The number of benzene rings is 1. The SMILES string of the molecule is CCC(C)Oc1cccc(NC(=O)CC(C)CN)c1. The van der Waals surface area contributed by atoms with E-state index in [0.717, 1.165) is 17.9 Å². The minimum Gasteiger partial charge on any atom is -0.491 e. The lowest BCUT2D eigenvalue weighted by Crippen LogP contribution is -2.20. The molecule has 0 fully saturated rings. The summed E-state index contributed by atoms with van der Waals surface area (Å²) in [4.78, 5) is 11.8. The van der Waals surface area contributed by atoms with Gasteiger partial charge in [0.2, 0.25) is 5.91 Å². The van der Waals surface area contributed by atoms with E-state index in [0.29, 0.717) is 13.0 Å². The number of hydrogen-bond acceptors (Lipinski definition) is 3. The second-order valence-corrected chi connectivity index (χ2v) is 4.96. The summed E-state index contributed by atoms with van der Waals surface area (Å²) in [5.74, 6) is 0.956. The second-order valence-electron chi connectivity index (χ2n) is 4.96. The molecule has 4 heteroatoms. The average molecular weight is 264 g/mol. The van der Waals surface area contributed by atoms with Crippen LogP contribution in [0.1, 0.15) is 33.6 Å². The number of hydrogen-bond donors (Lipinski definition) is 2. The van der Waals surface area contributed by atoms with Gasteiger partial charge in [0.1, 0.15) is 5.75 Å². The maximum absolute atomic E-state index is 11.8. The highest BCUT2D eigenvalue weighted by Crippen LogP contribution is 2.19. The molecule has 1 aromatic carbocycles. The Kier molecular flexibility index (Phi) is 6.36. The summed E-state index contributed by atoms with van der Waals surface area (Å²) in [5.41, 5.74) is 6.27. The van der Waals surface area contributed by atoms with E-state index in [2.05, 4.69) is 12.2 Å². The molecule has 3 N–H and O–H groups in total. The predicted molar refractivity (Wildman–Crippen MR) is 78.3 cm³/mol. The molecule has 0 aliphatic heterocycles. The molecule has 1 rings (SSSR count). The van der Waals surface area contributed by atoms with Gasteiger partial charge in [0.25, 0.3) is 0 Å².